The number of hydrogen-bond donors (Lipinski definition) is 3. The molecule has 1 unspecified atom stereocenters. The van der Waals surface area contributed by atoms with Crippen molar-refractivity contribution in [2.75, 3.05) is 13.1 Å². The van der Waals surface area contributed by atoms with Crippen molar-refractivity contribution in [2.45, 2.75) is 13.0 Å². The van der Waals surface area contributed by atoms with Crippen LogP contribution in [0.4, 0.5) is 0 Å². The molecule has 114 valence electrons. The summed E-state index contributed by atoms with van der Waals surface area (Å²) in [6.45, 7) is 0.119. The number of furan rings is 1. The van der Waals surface area contributed by atoms with E-state index in [1.54, 1.807) is 0 Å². The molecule has 0 bridgehead atoms. The van der Waals surface area contributed by atoms with E-state index in [-0.39, 0.29) is 5.76 Å². The third-order valence-corrected chi connectivity index (χ3v) is 2.45. The SMILES string of the molecule is CC(NC(=O)c1ccco1)C(=O)N(CC(N)=O)CC(=O)O. The molecule has 1 aromatic rings. The average Bonchev–Trinajstić information content (AvgIpc) is 2.89. The van der Waals surface area contributed by atoms with Gasteiger partial charge in [0.2, 0.25) is 11.8 Å². The zero-order chi connectivity index (χ0) is 16.0. The van der Waals surface area contributed by atoms with Crippen molar-refractivity contribution >= 4 is 23.7 Å². The zero-order valence-electron chi connectivity index (χ0n) is 11.2. The van der Waals surface area contributed by atoms with Crippen molar-refractivity contribution in [3.05, 3.63) is 24.2 Å². The van der Waals surface area contributed by atoms with Crippen molar-refractivity contribution in [2.24, 2.45) is 5.73 Å². The van der Waals surface area contributed by atoms with Crippen molar-refractivity contribution in [1.82, 2.24) is 10.2 Å². The van der Waals surface area contributed by atoms with E-state index in [9.17, 15) is 19.2 Å². The summed E-state index contributed by atoms with van der Waals surface area (Å²) < 4.78 is 4.86. The number of nitrogens with one attached hydrogen (secondary N) is 1. The number of nitrogens with zero attached hydrogens (tertiary/aromatic N) is 1. The quantitative estimate of drug-likeness (QED) is 0.576. The molecule has 1 rings (SSSR count). The van der Waals surface area contributed by atoms with E-state index in [4.69, 9.17) is 15.3 Å². The van der Waals surface area contributed by atoms with Crippen LogP contribution >= 0.6 is 0 Å². The van der Waals surface area contributed by atoms with E-state index < -0.39 is 42.8 Å². The first-order valence-electron chi connectivity index (χ1n) is 5.94. The molecule has 1 aromatic heterocycles. The van der Waals surface area contributed by atoms with Crippen LogP contribution in [0.25, 0.3) is 0 Å². The molecule has 0 aromatic carbocycles. The minimum Gasteiger partial charge on any atom is -0.480 e. The Morgan fingerprint density at radius 2 is 2.05 bits per heavy atom. The second-order valence-electron chi connectivity index (χ2n) is 4.23. The number of nitrogens with two attached hydrogens (primary N) is 1. The first-order chi connectivity index (χ1) is 9.81. The summed E-state index contributed by atoms with van der Waals surface area (Å²) in [5, 5.41) is 11.1. The summed E-state index contributed by atoms with van der Waals surface area (Å²) in [6, 6.07) is 1.87. The maximum Gasteiger partial charge on any atom is 0.323 e. The fourth-order valence-corrected chi connectivity index (χ4v) is 1.57. The molecule has 3 amide bonds. The molecular formula is C12H15N3O6. The minimum atomic E-state index is -1.30. The number of hydrogen-bond acceptors (Lipinski definition) is 5. The summed E-state index contributed by atoms with van der Waals surface area (Å²) >= 11 is 0. The molecule has 21 heavy (non-hydrogen) atoms. The number of primary amides is 1. The van der Waals surface area contributed by atoms with Gasteiger partial charge in [-0.3, -0.25) is 19.2 Å². The molecular weight excluding hydrogens is 282 g/mol. The summed E-state index contributed by atoms with van der Waals surface area (Å²) in [6.07, 6.45) is 1.30. The largest absolute Gasteiger partial charge is 0.480 e. The highest BCUT2D eigenvalue weighted by molar-refractivity contribution is 5.96. The van der Waals surface area contributed by atoms with Crippen LogP contribution in [0.3, 0.4) is 0 Å². The highest BCUT2D eigenvalue weighted by Gasteiger charge is 2.25. The Bertz CT molecular complexity index is 523. The van der Waals surface area contributed by atoms with E-state index in [1.165, 1.54) is 25.3 Å². The van der Waals surface area contributed by atoms with Crippen molar-refractivity contribution in [3.8, 4) is 0 Å². The van der Waals surface area contributed by atoms with Crippen LogP contribution in [-0.2, 0) is 14.4 Å². The normalized spacial score (nSPS) is 11.5. The number of carbonyl (C=O) groups excluding carboxylic acids is 3. The number of carboxylic acid groups (broad SMARTS) is 1. The predicted molar refractivity (Wildman–Crippen MR) is 69.0 cm³/mol. The summed E-state index contributed by atoms with van der Waals surface area (Å²) in [5.41, 5.74) is 4.96. The molecule has 1 heterocycles. The van der Waals surface area contributed by atoms with Crippen LogP contribution in [0.2, 0.25) is 0 Å². The van der Waals surface area contributed by atoms with Gasteiger partial charge in [-0.05, 0) is 19.1 Å². The molecule has 9 heteroatoms. The van der Waals surface area contributed by atoms with Gasteiger partial charge in [0, 0.05) is 0 Å². The van der Waals surface area contributed by atoms with Gasteiger partial charge in [0.25, 0.3) is 5.91 Å². The maximum absolute atomic E-state index is 12.0. The number of aliphatic carboxylic acids is 1. The van der Waals surface area contributed by atoms with Crippen LogP contribution in [0.5, 0.6) is 0 Å². The molecule has 0 aliphatic rings. The molecule has 0 aliphatic heterocycles. The number of amides is 3. The lowest BCUT2D eigenvalue weighted by Crippen LogP contribution is -2.50. The van der Waals surface area contributed by atoms with Gasteiger partial charge < -0.3 is 25.5 Å². The molecule has 1 atom stereocenters. The van der Waals surface area contributed by atoms with Crippen molar-refractivity contribution in [1.29, 1.82) is 0 Å². The van der Waals surface area contributed by atoms with Gasteiger partial charge in [-0.2, -0.15) is 0 Å². The van der Waals surface area contributed by atoms with Crippen LogP contribution in [0, 0.1) is 0 Å². The van der Waals surface area contributed by atoms with Crippen LogP contribution < -0.4 is 11.1 Å². The summed E-state index contributed by atoms with van der Waals surface area (Å²) in [7, 11) is 0. The molecule has 0 spiro atoms. The number of rotatable bonds is 7. The fraction of sp³-hybridized carbons (Fsp3) is 0.333. The summed E-state index contributed by atoms with van der Waals surface area (Å²) in [5.74, 6) is -3.51. The smallest absolute Gasteiger partial charge is 0.323 e. The Labute approximate surface area is 119 Å². The number of carbonyl (C=O) groups is 4. The highest BCUT2D eigenvalue weighted by Crippen LogP contribution is 2.02. The summed E-state index contributed by atoms with van der Waals surface area (Å²) in [4.78, 5) is 46.0. The Morgan fingerprint density at radius 3 is 2.52 bits per heavy atom. The minimum absolute atomic E-state index is 0.00864. The monoisotopic (exact) mass is 297 g/mol. The topological polar surface area (TPSA) is 143 Å². The van der Waals surface area contributed by atoms with Crippen molar-refractivity contribution in [3.63, 3.8) is 0 Å². The Hall–Kier alpha value is -2.84. The maximum atomic E-state index is 12.0. The Balaban J connectivity index is 2.70. The van der Waals surface area contributed by atoms with Crippen LogP contribution in [0.15, 0.2) is 22.8 Å². The Morgan fingerprint density at radius 1 is 1.38 bits per heavy atom. The third-order valence-electron chi connectivity index (χ3n) is 2.45. The van der Waals surface area contributed by atoms with E-state index in [1.807, 2.05) is 0 Å². The van der Waals surface area contributed by atoms with E-state index in [0.29, 0.717) is 0 Å². The second kappa shape index (κ2) is 7.08. The van der Waals surface area contributed by atoms with Crippen LogP contribution in [0.1, 0.15) is 17.5 Å². The van der Waals surface area contributed by atoms with Gasteiger partial charge in [0.15, 0.2) is 5.76 Å². The standard InChI is InChI=1S/C12H15N3O6/c1-7(14-11(19)8-3-2-4-21-8)12(20)15(5-9(13)16)6-10(17)18/h2-4,7H,5-6H2,1H3,(H2,13,16)(H,14,19)(H,17,18). The molecule has 4 N–H and O–H groups in total. The van der Waals surface area contributed by atoms with E-state index in [0.717, 1.165) is 4.90 Å². The van der Waals surface area contributed by atoms with Crippen molar-refractivity contribution < 1.29 is 28.7 Å². The zero-order valence-corrected chi connectivity index (χ0v) is 11.2. The first kappa shape index (κ1) is 16.2. The molecule has 9 nitrogen and oxygen atoms in total. The van der Waals surface area contributed by atoms with Gasteiger partial charge in [-0.15, -0.1) is 0 Å². The third kappa shape index (κ3) is 4.97. The Kier molecular flexibility index (Phi) is 5.47. The molecule has 0 fully saturated rings. The fourth-order valence-electron chi connectivity index (χ4n) is 1.57. The highest BCUT2D eigenvalue weighted by atomic mass is 16.4. The van der Waals surface area contributed by atoms with Gasteiger partial charge in [0.1, 0.15) is 19.1 Å². The first-order valence-corrected chi connectivity index (χ1v) is 5.94. The second-order valence-corrected chi connectivity index (χ2v) is 4.23. The van der Waals surface area contributed by atoms with Gasteiger partial charge >= 0.3 is 5.97 Å². The lowest BCUT2D eigenvalue weighted by molar-refractivity contribution is -0.146. The van der Waals surface area contributed by atoms with Gasteiger partial charge in [-0.1, -0.05) is 0 Å². The van der Waals surface area contributed by atoms with Gasteiger partial charge in [-0.25, -0.2) is 0 Å². The van der Waals surface area contributed by atoms with Gasteiger partial charge in [0.05, 0.1) is 6.26 Å². The molecule has 0 radical (unpaired) electrons. The van der Waals surface area contributed by atoms with Crippen LogP contribution in [-0.4, -0.2) is 52.8 Å². The van der Waals surface area contributed by atoms with E-state index in [2.05, 4.69) is 5.32 Å². The predicted octanol–water partition coefficient (Wildman–Crippen LogP) is -1.20. The number of carboxylic acids is 1. The lowest BCUT2D eigenvalue weighted by atomic mass is 10.2. The molecule has 0 aliphatic carbocycles. The molecule has 0 saturated heterocycles. The molecule has 0 saturated carbocycles. The lowest BCUT2D eigenvalue weighted by Gasteiger charge is -2.23. The average molecular weight is 297 g/mol. The van der Waals surface area contributed by atoms with E-state index >= 15 is 0 Å².